The van der Waals surface area contributed by atoms with Gasteiger partial charge in [-0.3, -0.25) is 0 Å². The molecule has 2 N–H and O–H groups in total. The Balaban J connectivity index is 2.15. The van der Waals surface area contributed by atoms with E-state index in [-0.39, 0.29) is 11.9 Å². The van der Waals surface area contributed by atoms with Gasteiger partial charge in [-0.1, -0.05) is 69.5 Å². The van der Waals surface area contributed by atoms with Crippen LogP contribution in [0.2, 0.25) is 5.02 Å². The molecule has 1 aromatic rings. The molecular formula is C17H27ClFN. The number of halogens is 2. The van der Waals surface area contributed by atoms with Crippen LogP contribution in [0, 0.1) is 5.82 Å². The minimum Gasteiger partial charge on any atom is -0.327 e. The van der Waals surface area contributed by atoms with Crippen molar-refractivity contribution >= 4 is 11.6 Å². The van der Waals surface area contributed by atoms with Crippen LogP contribution in [-0.4, -0.2) is 6.04 Å². The standard InChI is InChI=1S/C17H27ClFN/c1-2-3-4-5-6-7-8-9-16(20)12-14-10-11-15(18)13-17(14)19/h10-11,13,16H,2-9,12,20H2,1H3. The summed E-state index contributed by atoms with van der Waals surface area (Å²) in [5, 5.41) is 0.437. The first-order chi connectivity index (χ1) is 9.63. The number of unbranched alkanes of at least 4 members (excludes halogenated alkanes) is 6. The average molecular weight is 300 g/mol. The quantitative estimate of drug-likeness (QED) is 0.568. The van der Waals surface area contributed by atoms with Gasteiger partial charge in [-0.05, 0) is 30.5 Å². The van der Waals surface area contributed by atoms with Crippen molar-refractivity contribution in [2.45, 2.75) is 70.8 Å². The Hall–Kier alpha value is -0.600. The molecule has 1 atom stereocenters. The van der Waals surface area contributed by atoms with E-state index in [4.69, 9.17) is 17.3 Å². The summed E-state index contributed by atoms with van der Waals surface area (Å²) in [5.74, 6) is -0.243. The summed E-state index contributed by atoms with van der Waals surface area (Å²) in [5.41, 5.74) is 6.75. The molecule has 114 valence electrons. The highest BCUT2D eigenvalue weighted by Gasteiger charge is 2.08. The molecule has 0 aliphatic rings. The summed E-state index contributed by atoms with van der Waals surface area (Å²) < 4.78 is 13.6. The zero-order chi connectivity index (χ0) is 14.8. The highest BCUT2D eigenvalue weighted by atomic mass is 35.5. The van der Waals surface area contributed by atoms with Gasteiger partial charge in [-0.25, -0.2) is 4.39 Å². The molecule has 0 saturated heterocycles. The zero-order valence-electron chi connectivity index (χ0n) is 12.5. The third-order valence-corrected chi connectivity index (χ3v) is 3.91. The van der Waals surface area contributed by atoms with Crippen LogP contribution in [0.25, 0.3) is 0 Å². The number of hydrogen-bond donors (Lipinski definition) is 1. The van der Waals surface area contributed by atoms with Gasteiger partial charge in [0, 0.05) is 11.1 Å². The van der Waals surface area contributed by atoms with Crippen LogP contribution in [0.5, 0.6) is 0 Å². The molecule has 0 aliphatic heterocycles. The van der Waals surface area contributed by atoms with Gasteiger partial charge in [-0.2, -0.15) is 0 Å². The third-order valence-electron chi connectivity index (χ3n) is 3.68. The Labute approximate surface area is 127 Å². The first kappa shape index (κ1) is 17.5. The van der Waals surface area contributed by atoms with E-state index >= 15 is 0 Å². The van der Waals surface area contributed by atoms with Crippen molar-refractivity contribution in [3.63, 3.8) is 0 Å². The maximum Gasteiger partial charge on any atom is 0.127 e. The molecule has 3 heteroatoms. The largest absolute Gasteiger partial charge is 0.327 e. The Morgan fingerprint density at radius 1 is 1.10 bits per heavy atom. The van der Waals surface area contributed by atoms with Crippen LogP contribution >= 0.6 is 11.6 Å². The number of hydrogen-bond acceptors (Lipinski definition) is 1. The van der Waals surface area contributed by atoms with Gasteiger partial charge in [0.15, 0.2) is 0 Å². The molecule has 0 spiro atoms. The maximum atomic E-state index is 13.6. The lowest BCUT2D eigenvalue weighted by Gasteiger charge is -2.12. The number of benzene rings is 1. The van der Waals surface area contributed by atoms with E-state index in [9.17, 15) is 4.39 Å². The lowest BCUT2D eigenvalue weighted by Crippen LogP contribution is -2.23. The molecule has 0 radical (unpaired) electrons. The van der Waals surface area contributed by atoms with Gasteiger partial charge >= 0.3 is 0 Å². The highest BCUT2D eigenvalue weighted by molar-refractivity contribution is 6.30. The first-order valence-electron chi connectivity index (χ1n) is 7.83. The minimum atomic E-state index is -0.243. The second-order valence-corrected chi connectivity index (χ2v) is 6.05. The third kappa shape index (κ3) is 7.25. The van der Waals surface area contributed by atoms with E-state index in [0.717, 1.165) is 12.8 Å². The molecule has 0 heterocycles. The fourth-order valence-electron chi connectivity index (χ4n) is 2.44. The van der Waals surface area contributed by atoms with E-state index < -0.39 is 0 Å². The molecule has 0 fully saturated rings. The van der Waals surface area contributed by atoms with Crippen molar-refractivity contribution in [1.29, 1.82) is 0 Å². The van der Waals surface area contributed by atoms with Crippen molar-refractivity contribution in [2.75, 3.05) is 0 Å². The minimum absolute atomic E-state index is 0.0429. The van der Waals surface area contributed by atoms with Crippen LogP contribution in [0.15, 0.2) is 18.2 Å². The van der Waals surface area contributed by atoms with Crippen LogP contribution in [0.4, 0.5) is 4.39 Å². The molecule has 1 unspecified atom stereocenters. The monoisotopic (exact) mass is 299 g/mol. The predicted octanol–water partition coefficient (Wildman–Crippen LogP) is 5.49. The Kier molecular flexibility index (Phi) is 8.88. The highest BCUT2D eigenvalue weighted by Crippen LogP contribution is 2.17. The van der Waals surface area contributed by atoms with Crippen molar-refractivity contribution in [1.82, 2.24) is 0 Å². The fourth-order valence-corrected chi connectivity index (χ4v) is 2.59. The summed E-state index contributed by atoms with van der Waals surface area (Å²) in [7, 11) is 0. The molecule has 0 aromatic heterocycles. The summed E-state index contributed by atoms with van der Waals surface area (Å²) in [6.07, 6.45) is 10.5. The molecule has 0 bridgehead atoms. The second-order valence-electron chi connectivity index (χ2n) is 5.61. The van der Waals surface area contributed by atoms with Crippen molar-refractivity contribution in [2.24, 2.45) is 5.73 Å². The zero-order valence-corrected chi connectivity index (χ0v) is 13.3. The van der Waals surface area contributed by atoms with E-state index in [0.29, 0.717) is 17.0 Å². The Morgan fingerprint density at radius 3 is 2.40 bits per heavy atom. The number of rotatable bonds is 10. The summed E-state index contributed by atoms with van der Waals surface area (Å²) in [6.45, 7) is 2.23. The fraction of sp³-hybridized carbons (Fsp3) is 0.647. The SMILES string of the molecule is CCCCCCCCCC(N)Cc1ccc(Cl)cc1F. The summed E-state index contributed by atoms with van der Waals surface area (Å²) in [6, 6.07) is 4.86. The molecular weight excluding hydrogens is 273 g/mol. The van der Waals surface area contributed by atoms with Gasteiger partial charge in [0.25, 0.3) is 0 Å². The van der Waals surface area contributed by atoms with Crippen LogP contribution in [0.3, 0.4) is 0 Å². The normalized spacial score (nSPS) is 12.6. The second kappa shape index (κ2) is 10.2. The molecule has 0 aliphatic carbocycles. The first-order valence-corrected chi connectivity index (χ1v) is 8.20. The lowest BCUT2D eigenvalue weighted by molar-refractivity contribution is 0.518. The Bertz CT molecular complexity index is 381. The smallest absolute Gasteiger partial charge is 0.127 e. The van der Waals surface area contributed by atoms with Crippen LogP contribution < -0.4 is 5.73 Å². The van der Waals surface area contributed by atoms with Crippen LogP contribution in [-0.2, 0) is 6.42 Å². The van der Waals surface area contributed by atoms with Gasteiger partial charge in [0.2, 0.25) is 0 Å². The van der Waals surface area contributed by atoms with Gasteiger partial charge < -0.3 is 5.73 Å². The van der Waals surface area contributed by atoms with E-state index in [1.165, 1.54) is 44.6 Å². The Morgan fingerprint density at radius 2 is 1.75 bits per heavy atom. The molecule has 20 heavy (non-hydrogen) atoms. The lowest BCUT2D eigenvalue weighted by atomic mass is 10.00. The average Bonchev–Trinajstić information content (AvgIpc) is 2.41. The van der Waals surface area contributed by atoms with E-state index in [1.54, 1.807) is 12.1 Å². The molecule has 0 amide bonds. The van der Waals surface area contributed by atoms with E-state index in [1.807, 2.05) is 0 Å². The van der Waals surface area contributed by atoms with Crippen molar-refractivity contribution in [3.8, 4) is 0 Å². The van der Waals surface area contributed by atoms with Gasteiger partial charge in [0.1, 0.15) is 5.82 Å². The molecule has 1 nitrogen and oxygen atoms in total. The van der Waals surface area contributed by atoms with E-state index in [2.05, 4.69) is 6.92 Å². The van der Waals surface area contributed by atoms with Gasteiger partial charge in [-0.15, -0.1) is 0 Å². The topological polar surface area (TPSA) is 26.0 Å². The summed E-state index contributed by atoms with van der Waals surface area (Å²) >= 11 is 5.74. The molecule has 1 rings (SSSR count). The maximum absolute atomic E-state index is 13.6. The van der Waals surface area contributed by atoms with Crippen molar-refractivity contribution < 1.29 is 4.39 Å². The van der Waals surface area contributed by atoms with Crippen LogP contribution in [0.1, 0.15) is 63.9 Å². The van der Waals surface area contributed by atoms with Gasteiger partial charge in [0.05, 0.1) is 0 Å². The summed E-state index contributed by atoms with van der Waals surface area (Å²) in [4.78, 5) is 0. The number of nitrogens with two attached hydrogens (primary N) is 1. The predicted molar refractivity (Wildman–Crippen MR) is 85.7 cm³/mol. The van der Waals surface area contributed by atoms with Crippen molar-refractivity contribution in [3.05, 3.63) is 34.6 Å². The molecule has 0 saturated carbocycles. The molecule has 1 aromatic carbocycles.